The first-order valence-electron chi connectivity index (χ1n) is 9.31. The van der Waals surface area contributed by atoms with Gasteiger partial charge in [-0.3, -0.25) is 9.10 Å². The summed E-state index contributed by atoms with van der Waals surface area (Å²) in [6, 6.07) is 16.6. The molecule has 0 spiro atoms. The lowest BCUT2D eigenvalue weighted by atomic mass is 10.0. The van der Waals surface area contributed by atoms with Crippen molar-refractivity contribution in [3.8, 4) is 5.75 Å². The molecule has 6 nitrogen and oxygen atoms in total. The van der Waals surface area contributed by atoms with Gasteiger partial charge in [0, 0.05) is 19.0 Å². The number of carbonyl (C=O) groups is 1. The lowest BCUT2D eigenvalue weighted by Crippen LogP contribution is -2.33. The number of ether oxygens (including phenoxy) is 1. The van der Waals surface area contributed by atoms with Gasteiger partial charge in [-0.1, -0.05) is 43.3 Å². The molecule has 0 aliphatic heterocycles. The normalized spacial score (nSPS) is 12.2. The second-order valence-electron chi connectivity index (χ2n) is 6.58. The highest BCUT2D eigenvalue weighted by molar-refractivity contribution is 7.92. The van der Waals surface area contributed by atoms with Crippen molar-refractivity contribution < 1.29 is 17.9 Å². The van der Waals surface area contributed by atoms with Gasteiger partial charge in [0.15, 0.2) is 0 Å². The average Bonchev–Trinajstić information content (AvgIpc) is 2.69. The Labute approximate surface area is 167 Å². The Balaban J connectivity index is 1.97. The number of methoxy groups -OCH3 is 1. The third-order valence-electron chi connectivity index (χ3n) is 4.45. The molecule has 0 saturated heterocycles. The Morgan fingerprint density at radius 1 is 1.14 bits per heavy atom. The SMILES string of the molecule is CC[C@@H](NC(=O)CCCN(c1cccc(OC)c1)S(C)(=O)=O)c1ccccc1. The second kappa shape index (κ2) is 10.1. The third-order valence-corrected chi connectivity index (χ3v) is 5.65. The molecule has 0 radical (unpaired) electrons. The molecule has 0 heterocycles. The summed E-state index contributed by atoms with van der Waals surface area (Å²) in [5.41, 5.74) is 1.59. The van der Waals surface area contributed by atoms with Gasteiger partial charge in [0.25, 0.3) is 0 Å². The van der Waals surface area contributed by atoms with Gasteiger partial charge in [0.1, 0.15) is 5.75 Å². The van der Waals surface area contributed by atoms with E-state index in [1.807, 2.05) is 37.3 Å². The lowest BCUT2D eigenvalue weighted by Gasteiger charge is -2.23. The van der Waals surface area contributed by atoms with E-state index in [2.05, 4.69) is 5.32 Å². The van der Waals surface area contributed by atoms with E-state index in [1.54, 1.807) is 24.3 Å². The fourth-order valence-corrected chi connectivity index (χ4v) is 3.97. The summed E-state index contributed by atoms with van der Waals surface area (Å²) in [5, 5.41) is 3.03. The predicted octanol–water partition coefficient (Wildman–Crippen LogP) is 3.51. The highest BCUT2D eigenvalue weighted by atomic mass is 32.2. The summed E-state index contributed by atoms with van der Waals surface area (Å²) in [4.78, 5) is 12.4. The molecule has 1 atom stereocenters. The average molecular weight is 405 g/mol. The van der Waals surface area contributed by atoms with E-state index in [9.17, 15) is 13.2 Å². The van der Waals surface area contributed by atoms with Crippen molar-refractivity contribution in [1.82, 2.24) is 5.32 Å². The Bertz CT molecular complexity index is 869. The fourth-order valence-electron chi connectivity index (χ4n) is 3.01. The molecule has 0 aromatic heterocycles. The number of carbonyl (C=O) groups excluding carboxylic acids is 1. The van der Waals surface area contributed by atoms with Crippen LogP contribution in [0.2, 0.25) is 0 Å². The lowest BCUT2D eigenvalue weighted by molar-refractivity contribution is -0.121. The van der Waals surface area contributed by atoms with Crippen LogP contribution in [0.3, 0.4) is 0 Å². The number of sulfonamides is 1. The van der Waals surface area contributed by atoms with Gasteiger partial charge in [0.2, 0.25) is 15.9 Å². The molecule has 0 aliphatic carbocycles. The zero-order chi connectivity index (χ0) is 20.6. The fraction of sp³-hybridized carbons (Fsp3) is 0.381. The van der Waals surface area contributed by atoms with Crippen molar-refractivity contribution in [2.75, 3.05) is 24.2 Å². The van der Waals surface area contributed by atoms with Crippen LogP contribution in [0.1, 0.15) is 37.8 Å². The van der Waals surface area contributed by atoms with E-state index < -0.39 is 10.0 Å². The molecule has 0 saturated carbocycles. The molecular weight excluding hydrogens is 376 g/mol. The molecule has 0 fully saturated rings. The van der Waals surface area contributed by atoms with Gasteiger partial charge in [-0.25, -0.2) is 8.42 Å². The van der Waals surface area contributed by atoms with E-state index in [0.29, 0.717) is 17.9 Å². The summed E-state index contributed by atoms with van der Waals surface area (Å²) in [7, 11) is -1.93. The van der Waals surface area contributed by atoms with Crippen LogP contribution in [0.4, 0.5) is 5.69 Å². The highest BCUT2D eigenvalue weighted by Gasteiger charge is 2.19. The number of nitrogens with zero attached hydrogens (tertiary/aromatic N) is 1. The predicted molar refractivity (Wildman–Crippen MR) is 112 cm³/mol. The minimum Gasteiger partial charge on any atom is -0.497 e. The highest BCUT2D eigenvalue weighted by Crippen LogP contribution is 2.23. The summed E-state index contributed by atoms with van der Waals surface area (Å²) in [6.07, 6.45) is 2.62. The van der Waals surface area contributed by atoms with E-state index in [4.69, 9.17) is 4.74 Å². The number of anilines is 1. The molecule has 28 heavy (non-hydrogen) atoms. The summed E-state index contributed by atoms with van der Waals surface area (Å²) in [6.45, 7) is 2.24. The maximum atomic E-state index is 12.4. The van der Waals surface area contributed by atoms with E-state index >= 15 is 0 Å². The number of nitrogens with one attached hydrogen (secondary N) is 1. The van der Waals surface area contributed by atoms with Gasteiger partial charge in [-0.15, -0.1) is 0 Å². The van der Waals surface area contributed by atoms with E-state index in [1.165, 1.54) is 11.4 Å². The van der Waals surface area contributed by atoms with Crippen LogP contribution in [-0.2, 0) is 14.8 Å². The minimum atomic E-state index is -3.47. The molecule has 2 aromatic carbocycles. The zero-order valence-corrected chi connectivity index (χ0v) is 17.4. The molecule has 152 valence electrons. The van der Waals surface area contributed by atoms with Crippen LogP contribution < -0.4 is 14.4 Å². The second-order valence-corrected chi connectivity index (χ2v) is 8.49. The topological polar surface area (TPSA) is 75.7 Å². The number of hydrogen-bond donors (Lipinski definition) is 1. The standard InChI is InChI=1S/C21H28N2O4S/c1-4-20(17-10-6-5-7-11-17)22-21(24)14-9-15-23(28(3,25)26)18-12-8-13-19(16-18)27-2/h5-8,10-13,16,20H,4,9,14-15H2,1-3H3,(H,22,24)/t20-/m1/s1. The van der Waals surface area contributed by atoms with Gasteiger partial charge < -0.3 is 10.1 Å². The Hall–Kier alpha value is -2.54. The zero-order valence-electron chi connectivity index (χ0n) is 16.6. The first-order chi connectivity index (χ1) is 13.3. The van der Waals surface area contributed by atoms with Crippen LogP contribution >= 0.6 is 0 Å². The summed E-state index contributed by atoms with van der Waals surface area (Å²) >= 11 is 0. The van der Waals surface area contributed by atoms with Gasteiger partial charge >= 0.3 is 0 Å². The molecule has 0 bridgehead atoms. The van der Waals surface area contributed by atoms with Crippen molar-refractivity contribution in [1.29, 1.82) is 0 Å². The minimum absolute atomic E-state index is 0.0434. The van der Waals surface area contributed by atoms with Gasteiger partial charge in [-0.2, -0.15) is 0 Å². The quantitative estimate of drug-likeness (QED) is 0.657. The molecular formula is C21H28N2O4S. The summed E-state index contributed by atoms with van der Waals surface area (Å²) < 4.78 is 30.9. The third kappa shape index (κ3) is 6.27. The maximum Gasteiger partial charge on any atom is 0.232 e. The molecule has 1 N–H and O–H groups in total. The van der Waals surface area contributed by atoms with Crippen LogP contribution in [0.15, 0.2) is 54.6 Å². The molecule has 0 unspecified atom stereocenters. The maximum absolute atomic E-state index is 12.4. The van der Waals surface area contributed by atoms with Crippen LogP contribution in [0.25, 0.3) is 0 Å². The van der Waals surface area contributed by atoms with Gasteiger partial charge in [0.05, 0.1) is 25.1 Å². The van der Waals surface area contributed by atoms with Crippen LogP contribution in [0, 0.1) is 0 Å². The first-order valence-corrected chi connectivity index (χ1v) is 11.2. The Morgan fingerprint density at radius 3 is 2.46 bits per heavy atom. The van der Waals surface area contributed by atoms with E-state index in [0.717, 1.165) is 18.2 Å². The smallest absolute Gasteiger partial charge is 0.232 e. The molecule has 2 rings (SSSR count). The van der Waals surface area contributed by atoms with Crippen molar-refractivity contribution >= 4 is 21.6 Å². The number of amides is 1. The Kier molecular flexibility index (Phi) is 7.87. The monoisotopic (exact) mass is 404 g/mol. The largest absolute Gasteiger partial charge is 0.497 e. The number of hydrogen-bond acceptors (Lipinski definition) is 4. The number of rotatable bonds is 10. The van der Waals surface area contributed by atoms with E-state index in [-0.39, 0.29) is 24.9 Å². The molecule has 0 aliphatic rings. The van der Waals surface area contributed by atoms with Crippen LogP contribution in [-0.4, -0.2) is 34.2 Å². The van der Waals surface area contributed by atoms with Gasteiger partial charge in [-0.05, 0) is 30.5 Å². The van der Waals surface area contributed by atoms with Crippen molar-refractivity contribution in [3.63, 3.8) is 0 Å². The number of benzene rings is 2. The first kappa shape index (κ1) is 21.8. The summed E-state index contributed by atoms with van der Waals surface area (Å²) in [5.74, 6) is 0.493. The molecule has 7 heteroatoms. The molecule has 1 amide bonds. The Morgan fingerprint density at radius 2 is 1.86 bits per heavy atom. The molecule has 2 aromatic rings. The van der Waals surface area contributed by atoms with Crippen LogP contribution in [0.5, 0.6) is 5.75 Å². The van der Waals surface area contributed by atoms with Crippen molar-refractivity contribution in [3.05, 3.63) is 60.2 Å². The van der Waals surface area contributed by atoms with Crippen molar-refractivity contribution in [2.45, 2.75) is 32.2 Å². The van der Waals surface area contributed by atoms with Crippen molar-refractivity contribution in [2.24, 2.45) is 0 Å².